The number of para-hydroxylation sites is 1. The van der Waals surface area contributed by atoms with Crippen molar-refractivity contribution in [1.29, 1.82) is 0 Å². The predicted molar refractivity (Wildman–Crippen MR) is 157 cm³/mol. The molecule has 0 fully saturated rings. The summed E-state index contributed by atoms with van der Waals surface area (Å²) >= 11 is 0. The molecule has 2 heteroatoms. The van der Waals surface area contributed by atoms with Gasteiger partial charge in [-0.3, -0.25) is 4.98 Å². The Morgan fingerprint density at radius 2 is 1.27 bits per heavy atom. The Labute approximate surface area is 221 Å². The van der Waals surface area contributed by atoms with Gasteiger partial charge in [-0.15, -0.1) is 0 Å². The number of hydrogen-bond acceptors (Lipinski definition) is 2. The van der Waals surface area contributed by atoms with Crippen LogP contribution >= 0.6 is 0 Å². The van der Waals surface area contributed by atoms with Crippen LogP contribution in [0.4, 0.5) is 0 Å². The number of phenols is 1. The first kappa shape index (κ1) is 25.0. The van der Waals surface area contributed by atoms with Crippen molar-refractivity contribution in [3.63, 3.8) is 0 Å². The lowest BCUT2D eigenvalue weighted by atomic mass is 9.75. The first-order valence-electron chi connectivity index (χ1n) is 13.2. The van der Waals surface area contributed by atoms with Gasteiger partial charge < -0.3 is 5.11 Å². The quantitative estimate of drug-likeness (QED) is 0.274. The molecule has 0 amide bonds. The third-order valence-electron chi connectivity index (χ3n) is 7.42. The highest BCUT2D eigenvalue weighted by atomic mass is 16.3. The van der Waals surface area contributed by atoms with Crippen molar-refractivity contribution in [2.24, 2.45) is 0 Å². The van der Waals surface area contributed by atoms with Crippen LogP contribution in [-0.2, 0) is 17.3 Å². The summed E-state index contributed by atoms with van der Waals surface area (Å²) in [6.07, 6.45) is 0.775. The van der Waals surface area contributed by atoms with E-state index in [4.69, 9.17) is 4.98 Å². The van der Waals surface area contributed by atoms with E-state index in [1.807, 2.05) is 6.07 Å². The highest BCUT2D eigenvalue weighted by Crippen LogP contribution is 2.43. The fourth-order valence-electron chi connectivity index (χ4n) is 5.39. The van der Waals surface area contributed by atoms with Gasteiger partial charge in [-0.1, -0.05) is 120 Å². The van der Waals surface area contributed by atoms with Crippen molar-refractivity contribution in [2.45, 2.75) is 64.7 Å². The van der Waals surface area contributed by atoms with Crippen molar-refractivity contribution >= 4 is 21.7 Å². The summed E-state index contributed by atoms with van der Waals surface area (Å²) in [5.74, 6) is 0.506. The van der Waals surface area contributed by atoms with Crippen LogP contribution in [-0.4, -0.2) is 10.1 Å². The number of benzene rings is 4. The average molecular weight is 488 g/mol. The SMILES string of the molecule is CC(C)(C)c1cc(C(Cc2ccc3ccccc3n2)c2cccc3ccccc23)cc(C(C)(C)C)c1O. The van der Waals surface area contributed by atoms with Gasteiger partial charge in [0.25, 0.3) is 0 Å². The molecule has 0 saturated carbocycles. The molecule has 0 bridgehead atoms. The summed E-state index contributed by atoms with van der Waals surface area (Å²) in [6, 6.07) is 32.3. The van der Waals surface area contributed by atoms with Crippen molar-refractivity contribution < 1.29 is 5.11 Å². The third kappa shape index (κ3) is 4.98. The zero-order valence-electron chi connectivity index (χ0n) is 22.8. The summed E-state index contributed by atoms with van der Waals surface area (Å²) in [6.45, 7) is 13.1. The van der Waals surface area contributed by atoms with E-state index in [2.05, 4.69) is 126 Å². The molecular formula is C35H37NO. The van der Waals surface area contributed by atoms with Crippen LogP contribution in [0.25, 0.3) is 21.7 Å². The van der Waals surface area contributed by atoms with E-state index in [1.165, 1.54) is 21.9 Å². The maximum atomic E-state index is 11.4. The van der Waals surface area contributed by atoms with Crippen molar-refractivity contribution in [2.75, 3.05) is 0 Å². The van der Waals surface area contributed by atoms with Gasteiger partial charge in [0, 0.05) is 23.4 Å². The molecule has 0 radical (unpaired) electrons. The molecule has 1 N–H and O–H groups in total. The Morgan fingerprint density at radius 3 is 1.95 bits per heavy atom. The van der Waals surface area contributed by atoms with E-state index < -0.39 is 0 Å². The molecule has 2 nitrogen and oxygen atoms in total. The maximum absolute atomic E-state index is 11.4. The van der Waals surface area contributed by atoms with E-state index in [-0.39, 0.29) is 16.7 Å². The van der Waals surface area contributed by atoms with Crippen LogP contribution in [0, 0.1) is 0 Å². The normalized spacial score (nSPS) is 13.2. The second-order valence-electron chi connectivity index (χ2n) is 12.3. The average Bonchev–Trinajstić information content (AvgIpc) is 2.86. The standard InChI is InChI=1S/C35H37NO/c1-34(2,3)30-20-25(21-31(33(30)37)35(4,5)6)29(28-16-11-14-23-12-7-9-15-27(23)28)22-26-19-18-24-13-8-10-17-32(24)36-26/h7-21,29,37H,22H2,1-6H3. The van der Waals surface area contributed by atoms with Gasteiger partial charge in [-0.2, -0.15) is 0 Å². The Morgan fingerprint density at radius 1 is 0.676 bits per heavy atom. The third-order valence-corrected chi connectivity index (χ3v) is 7.42. The number of pyridine rings is 1. The largest absolute Gasteiger partial charge is 0.507 e. The lowest BCUT2D eigenvalue weighted by Gasteiger charge is -2.30. The zero-order chi connectivity index (χ0) is 26.4. The topological polar surface area (TPSA) is 33.1 Å². The van der Waals surface area contributed by atoms with Gasteiger partial charge in [0.1, 0.15) is 5.75 Å². The summed E-state index contributed by atoms with van der Waals surface area (Å²) in [5.41, 5.74) is 6.21. The van der Waals surface area contributed by atoms with Crippen LogP contribution < -0.4 is 0 Å². The first-order chi connectivity index (χ1) is 17.5. The second-order valence-corrected chi connectivity index (χ2v) is 12.3. The lowest BCUT2D eigenvalue weighted by molar-refractivity contribution is 0.422. The van der Waals surface area contributed by atoms with Crippen LogP contribution in [0.3, 0.4) is 0 Å². The number of hydrogen-bond donors (Lipinski definition) is 1. The van der Waals surface area contributed by atoms with Gasteiger partial charge in [0.05, 0.1) is 5.52 Å². The van der Waals surface area contributed by atoms with E-state index in [0.29, 0.717) is 5.75 Å². The van der Waals surface area contributed by atoms with E-state index in [9.17, 15) is 5.11 Å². The highest BCUT2D eigenvalue weighted by molar-refractivity contribution is 5.86. The monoisotopic (exact) mass is 487 g/mol. The molecule has 5 aromatic rings. The first-order valence-corrected chi connectivity index (χ1v) is 13.2. The van der Waals surface area contributed by atoms with Gasteiger partial charge in [0.15, 0.2) is 0 Å². The highest BCUT2D eigenvalue weighted by Gasteiger charge is 2.29. The molecule has 0 saturated heterocycles. The summed E-state index contributed by atoms with van der Waals surface area (Å²) < 4.78 is 0. The minimum atomic E-state index is -0.190. The van der Waals surface area contributed by atoms with E-state index in [0.717, 1.165) is 34.1 Å². The molecular weight excluding hydrogens is 450 g/mol. The Bertz CT molecular complexity index is 1540. The molecule has 1 aromatic heterocycles. The lowest BCUT2D eigenvalue weighted by Crippen LogP contribution is -2.19. The van der Waals surface area contributed by atoms with Gasteiger partial charge in [-0.25, -0.2) is 0 Å². The second kappa shape index (κ2) is 9.34. The predicted octanol–water partition coefficient (Wildman–Crippen LogP) is 9.06. The maximum Gasteiger partial charge on any atom is 0.123 e. The molecule has 188 valence electrons. The summed E-state index contributed by atoms with van der Waals surface area (Å²) in [5, 5.41) is 15.1. The number of fused-ring (bicyclic) bond motifs is 2. The van der Waals surface area contributed by atoms with Crippen LogP contribution in [0.2, 0.25) is 0 Å². The van der Waals surface area contributed by atoms with Crippen molar-refractivity contribution in [3.05, 3.63) is 119 Å². The zero-order valence-corrected chi connectivity index (χ0v) is 22.8. The number of rotatable bonds is 4. The fourth-order valence-corrected chi connectivity index (χ4v) is 5.39. The number of phenolic OH excluding ortho intramolecular Hbond substituents is 1. The number of nitrogens with zero attached hydrogens (tertiary/aromatic N) is 1. The van der Waals surface area contributed by atoms with Gasteiger partial charge in [-0.05, 0) is 56.0 Å². The molecule has 37 heavy (non-hydrogen) atoms. The molecule has 0 spiro atoms. The minimum absolute atomic E-state index is 0.0857. The van der Waals surface area contributed by atoms with Crippen LogP contribution in [0.1, 0.15) is 75.4 Å². The van der Waals surface area contributed by atoms with E-state index >= 15 is 0 Å². The molecule has 0 aliphatic carbocycles. The summed E-state index contributed by atoms with van der Waals surface area (Å²) in [7, 11) is 0. The Kier molecular flexibility index (Phi) is 6.31. The van der Waals surface area contributed by atoms with Crippen LogP contribution in [0.15, 0.2) is 91.0 Å². The Balaban J connectivity index is 1.76. The molecule has 5 rings (SSSR count). The smallest absolute Gasteiger partial charge is 0.123 e. The Hall–Kier alpha value is -3.65. The minimum Gasteiger partial charge on any atom is -0.507 e. The number of aromatic nitrogens is 1. The molecule has 0 aliphatic rings. The van der Waals surface area contributed by atoms with Crippen LogP contribution in [0.5, 0.6) is 5.75 Å². The molecule has 1 unspecified atom stereocenters. The van der Waals surface area contributed by atoms with Gasteiger partial charge in [0.2, 0.25) is 0 Å². The van der Waals surface area contributed by atoms with Crippen molar-refractivity contribution in [1.82, 2.24) is 4.98 Å². The summed E-state index contributed by atoms with van der Waals surface area (Å²) in [4.78, 5) is 5.06. The molecule has 0 aliphatic heterocycles. The molecule has 4 aromatic carbocycles. The van der Waals surface area contributed by atoms with E-state index in [1.54, 1.807) is 0 Å². The number of aromatic hydroxyl groups is 1. The van der Waals surface area contributed by atoms with Crippen molar-refractivity contribution in [3.8, 4) is 5.75 Å². The molecule has 1 atom stereocenters. The molecule has 1 heterocycles. The fraction of sp³-hybridized carbons (Fsp3) is 0.286. The van der Waals surface area contributed by atoms with Gasteiger partial charge >= 0.3 is 0 Å².